The number of non-ortho nitro benzene ring substituents is 1. The summed E-state index contributed by atoms with van der Waals surface area (Å²) in [4.78, 5) is 34.0. The lowest BCUT2D eigenvalue weighted by Crippen LogP contribution is -2.45. The number of benzene rings is 1. The topological polar surface area (TPSA) is 135 Å². The lowest BCUT2D eigenvalue weighted by Gasteiger charge is -2.26. The Bertz CT molecular complexity index is 814. The van der Waals surface area contributed by atoms with Crippen LogP contribution >= 0.6 is 0 Å². The number of amides is 2. The lowest BCUT2D eigenvalue weighted by molar-refractivity contribution is -0.384. The summed E-state index contributed by atoms with van der Waals surface area (Å²) < 4.78 is 5.26. The number of carbonyl (C=O) groups excluding carboxylic acids is 2. The molecule has 1 saturated carbocycles. The van der Waals surface area contributed by atoms with Crippen LogP contribution in [0, 0.1) is 16.0 Å². The Morgan fingerprint density at radius 1 is 1.23 bits per heavy atom. The molecule has 1 fully saturated rings. The van der Waals surface area contributed by atoms with Crippen molar-refractivity contribution in [3.8, 4) is 0 Å². The maximum absolute atomic E-state index is 12.0. The monoisotopic (exact) mass is 359 g/mol. The first kappa shape index (κ1) is 17.6. The number of anilines is 1. The highest BCUT2D eigenvalue weighted by Crippen LogP contribution is 2.45. The number of nitrogens with zero attached hydrogens (tertiary/aromatic N) is 1. The van der Waals surface area contributed by atoms with Crippen molar-refractivity contribution >= 4 is 23.2 Å². The third-order valence-corrected chi connectivity index (χ3v) is 4.26. The summed E-state index contributed by atoms with van der Waals surface area (Å²) in [5.41, 5.74) is -1.23. The molecule has 0 spiro atoms. The first-order chi connectivity index (χ1) is 12.4. The number of hydrogen-bond acceptors (Lipinski definition) is 6. The fraction of sp³-hybridized carbons (Fsp3) is 0.294. The van der Waals surface area contributed by atoms with E-state index in [0.717, 1.165) is 12.8 Å². The Kier molecular flexibility index (Phi) is 4.72. The maximum atomic E-state index is 12.0. The van der Waals surface area contributed by atoms with Crippen LogP contribution in [0.15, 0.2) is 47.1 Å². The fourth-order valence-electron chi connectivity index (χ4n) is 2.67. The summed E-state index contributed by atoms with van der Waals surface area (Å²) in [6.45, 7) is -0.155. The maximum Gasteiger partial charge on any atom is 0.313 e. The Balaban J connectivity index is 1.58. The van der Waals surface area contributed by atoms with Crippen molar-refractivity contribution in [2.75, 3.05) is 11.9 Å². The summed E-state index contributed by atoms with van der Waals surface area (Å²) in [6, 6.07) is 8.36. The predicted octanol–water partition coefficient (Wildman–Crippen LogP) is 1.54. The molecule has 0 aliphatic heterocycles. The molecular formula is C17H17N3O6. The molecule has 1 aliphatic carbocycles. The number of rotatable bonds is 6. The number of nitro groups is 1. The van der Waals surface area contributed by atoms with Gasteiger partial charge in [0.1, 0.15) is 11.4 Å². The minimum atomic E-state index is -1.35. The fourth-order valence-corrected chi connectivity index (χ4v) is 2.67. The van der Waals surface area contributed by atoms with Crippen LogP contribution in [-0.2, 0) is 15.2 Å². The molecule has 9 nitrogen and oxygen atoms in total. The minimum absolute atomic E-state index is 0.0355. The standard InChI is InChI=1S/C17H17N3O6/c21-15(16(22)19-12-5-7-13(8-6-12)20(24)25)18-10-17(23,11-3-4-11)14-2-1-9-26-14/h1-2,5-9,11,23H,3-4,10H2,(H,18,21)(H,19,22). The highest BCUT2D eigenvalue weighted by molar-refractivity contribution is 6.39. The first-order valence-corrected chi connectivity index (χ1v) is 8.00. The Hall–Kier alpha value is -3.20. The van der Waals surface area contributed by atoms with E-state index in [1.807, 2.05) is 0 Å². The Morgan fingerprint density at radius 2 is 1.92 bits per heavy atom. The molecule has 26 heavy (non-hydrogen) atoms. The number of hydrogen-bond donors (Lipinski definition) is 3. The van der Waals surface area contributed by atoms with Crippen LogP contribution in [0.4, 0.5) is 11.4 Å². The smallest absolute Gasteiger partial charge is 0.313 e. The van der Waals surface area contributed by atoms with E-state index in [1.165, 1.54) is 30.5 Å². The largest absolute Gasteiger partial charge is 0.466 e. The van der Waals surface area contributed by atoms with Gasteiger partial charge in [-0.1, -0.05) is 0 Å². The molecule has 1 atom stereocenters. The SMILES string of the molecule is O=C(NCC(O)(c1ccco1)C1CC1)C(=O)Nc1ccc([N+](=O)[O-])cc1. The lowest BCUT2D eigenvalue weighted by atomic mass is 9.94. The van der Waals surface area contributed by atoms with Crippen molar-refractivity contribution in [3.05, 3.63) is 58.5 Å². The summed E-state index contributed by atoms with van der Waals surface area (Å²) >= 11 is 0. The van der Waals surface area contributed by atoms with Crippen molar-refractivity contribution in [3.63, 3.8) is 0 Å². The van der Waals surface area contributed by atoms with Crippen molar-refractivity contribution in [2.45, 2.75) is 18.4 Å². The zero-order chi connectivity index (χ0) is 18.7. The molecular weight excluding hydrogens is 342 g/mol. The molecule has 3 rings (SSSR count). The molecule has 2 aromatic rings. The van der Waals surface area contributed by atoms with Gasteiger partial charge in [0.15, 0.2) is 0 Å². The van der Waals surface area contributed by atoms with Crippen molar-refractivity contribution in [2.24, 2.45) is 5.92 Å². The van der Waals surface area contributed by atoms with Gasteiger partial charge in [-0.2, -0.15) is 0 Å². The highest BCUT2D eigenvalue weighted by atomic mass is 16.6. The van der Waals surface area contributed by atoms with Crippen LogP contribution in [0.3, 0.4) is 0 Å². The zero-order valence-electron chi connectivity index (χ0n) is 13.7. The van der Waals surface area contributed by atoms with Gasteiger partial charge in [-0.15, -0.1) is 0 Å². The average molecular weight is 359 g/mol. The second-order valence-electron chi connectivity index (χ2n) is 6.12. The van der Waals surface area contributed by atoms with Gasteiger partial charge in [0, 0.05) is 17.8 Å². The van der Waals surface area contributed by atoms with Crippen LogP contribution in [0.1, 0.15) is 18.6 Å². The van der Waals surface area contributed by atoms with E-state index in [0.29, 0.717) is 5.76 Å². The molecule has 1 aromatic carbocycles. The molecule has 136 valence electrons. The summed E-state index contributed by atoms with van der Waals surface area (Å²) in [5, 5.41) is 26.2. The van der Waals surface area contributed by atoms with Gasteiger partial charge in [-0.3, -0.25) is 19.7 Å². The predicted molar refractivity (Wildman–Crippen MR) is 90.1 cm³/mol. The minimum Gasteiger partial charge on any atom is -0.466 e. The number of nitrogens with one attached hydrogen (secondary N) is 2. The third kappa shape index (κ3) is 3.72. The number of aliphatic hydroxyl groups is 1. The van der Waals surface area contributed by atoms with E-state index in [9.17, 15) is 24.8 Å². The molecule has 1 unspecified atom stereocenters. The molecule has 9 heteroatoms. The van der Waals surface area contributed by atoms with Crippen LogP contribution < -0.4 is 10.6 Å². The number of nitro benzene ring substituents is 1. The quantitative estimate of drug-likeness (QED) is 0.407. The van der Waals surface area contributed by atoms with Crippen LogP contribution in [0.25, 0.3) is 0 Å². The van der Waals surface area contributed by atoms with Gasteiger partial charge in [-0.25, -0.2) is 0 Å². The van der Waals surface area contributed by atoms with Gasteiger partial charge in [0.05, 0.1) is 17.7 Å². The second-order valence-corrected chi connectivity index (χ2v) is 6.12. The molecule has 3 N–H and O–H groups in total. The number of furan rings is 1. The molecule has 0 bridgehead atoms. The van der Waals surface area contributed by atoms with Gasteiger partial charge in [-0.05, 0) is 43.0 Å². The van der Waals surface area contributed by atoms with Gasteiger partial charge < -0.3 is 20.2 Å². The third-order valence-electron chi connectivity index (χ3n) is 4.26. The van der Waals surface area contributed by atoms with Crippen molar-refractivity contribution in [1.29, 1.82) is 0 Å². The molecule has 1 heterocycles. The molecule has 0 radical (unpaired) electrons. The van der Waals surface area contributed by atoms with Gasteiger partial charge >= 0.3 is 11.8 Å². The van der Waals surface area contributed by atoms with E-state index >= 15 is 0 Å². The summed E-state index contributed by atoms with van der Waals surface area (Å²) in [6.07, 6.45) is 3.05. The van der Waals surface area contributed by atoms with Crippen molar-refractivity contribution in [1.82, 2.24) is 5.32 Å². The van der Waals surface area contributed by atoms with E-state index < -0.39 is 22.3 Å². The van der Waals surface area contributed by atoms with E-state index in [-0.39, 0.29) is 23.8 Å². The Labute approximate surface area is 148 Å². The van der Waals surface area contributed by atoms with Crippen LogP contribution in [0.2, 0.25) is 0 Å². The van der Waals surface area contributed by atoms with Crippen LogP contribution in [-0.4, -0.2) is 28.4 Å². The van der Waals surface area contributed by atoms with Crippen molar-refractivity contribution < 1.29 is 24.0 Å². The normalized spacial score (nSPS) is 15.7. The first-order valence-electron chi connectivity index (χ1n) is 8.00. The van der Waals surface area contributed by atoms with E-state index in [4.69, 9.17) is 4.42 Å². The highest BCUT2D eigenvalue weighted by Gasteiger charge is 2.47. The van der Waals surface area contributed by atoms with Gasteiger partial charge in [0.2, 0.25) is 0 Å². The molecule has 2 amide bonds. The zero-order valence-corrected chi connectivity index (χ0v) is 13.7. The van der Waals surface area contributed by atoms with Gasteiger partial charge in [0.25, 0.3) is 5.69 Å². The summed E-state index contributed by atoms with van der Waals surface area (Å²) in [5.74, 6) is -1.55. The average Bonchev–Trinajstić information content (AvgIpc) is 3.34. The molecule has 1 aliphatic rings. The van der Waals surface area contributed by atoms with Crippen LogP contribution in [0.5, 0.6) is 0 Å². The van der Waals surface area contributed by atoms with E-state index in [2.05, 4.69) is 10.6 Å². The summed E-state index contributed by atoms with van der Waals surface area (Å²) in [7, 11) is 0. The Morgan fingerprint density at radius 3 is 2.46 bits per heavy atom. The molecule has 1 aromatic heterocycles. The second kappa shape index (κ2) is 6.96. The van der Waals surface area contributed by atoms with E-state index in [1.54, 1.807) is 12.1 Å². The molecule has 0 saturated heterocycles. The number of carbonyl (C=O) groups is 2.